The van der Waals surface area contributed by atoms with Crippen molar-refractivity contribution in [3.8, 4) is 0 Å². The minimum absolute atomic E-state index is 0.159. The number of halogens is 3. The molecule has 2 atom stereocenters. The van der Waals surface area contributed by atoms with Crippen molar-refractivity contribution in [2.24, 2.45) is 15.5 Å². The zero-order valence-corrected chi connectivity index (χ0v) is 10.8. The lowest BCUT2D eigenvalue weighted by Gasteiger charge is -2.35. The molecule has 0 saturated carbocycles. The molecule has 0 amide bonds. The van der Waals surface area contributed by atoms with Gasteiger partial charge >= 0.3 is 6.18 Å². The second-order valence-corrected chi connectivity index (χ2v) is 5.27. The molecule has 0 aliphatic carbocycles. The molecule has 2 unspecified atom stereocenters. The van der Waals surface area contributed by atoms with Crippen molar-refractivity contribution < 1.29 is 13.2 Å². The normalized spacial score (nSPS) is 33.2. The molecule has 4 nitrogen and oxygen atoms in total. The van der Waals surface area contributed by atoms with Crippen molar-refractivity contribution in [2.75, 3.05) is 6.54 Å². The minimum atomic E-state index is -4.31. The predicted octanol–water partition coefficient (Wildman–Crippen LogP) is 2.25. The molecule has 3 rings (SSSR count). The van der Waals surface area contributed by atoms with Crippen LogP contribution < -0.4 is 5.32 Å². The Labute approximate surface area is 109 Å². The van der Waals surface area contributed by atoms with Crippen molar-refractivity contribution in [1.82, 2.24) is 10.3 Å². The average Bonchev–Trinajstić information content (AvgIpc) is 2.89. The molecule has 0 radical (unpaired) electrons. The topological polar surface area (TPSA) is 40.0 Å². The molecule has 3 aliphatic rings. The molecule has 0 bridgehead atoms. The van der Waals surface area contributed by atoms with Gasteiger partial charge in [0.1, 0.15) is 11.6 Å². The van der Waals surface area contributed by atoms with Gasteiger partial charge in [-0.1, -0.05) is 6.92 Å². The van der Waals surface area contributed by atoms with Crippen LogP contribution in [0.15, 0.2) is 21.5 Å². The van der Waals surface area contributed by atoms with Crippen molar-refractivity contribution in [1.29, 1.82) is 0 Å². The highest BCUT2D eigenvalue weighted by atomic mass is 19.4. The number of nitrogens with zero attached hydrogens (tertiary/aromatic N) is 3. The fourth-order valence-corrected chi connectivity index (χ4v) is 2.70. The van der Waals surface area contributed by atoms with E-state index in [0.29, 0.717) is 12.1 Å². The molecular weight excluding hydrogens is 257 g/mol. The van der Waals surface area contributed by atoms with E-state index in [1.165, 1.54) is 18.1 Å². The zero-order chi connectivity index (χ0) is 13.8. The molecule has 0 aromatic carbocycles. The molecule has 0 aromatic rings. The first-order valence-corrected chi connectivity index (χ1v) is 6.31. The van der Waals surface area contributed by atoms with Crippen LogP contribution in [0, 0.1) is 5.41 Å². The van der Waals surface area contributed by atoms with E-state index in [0.717, 1.165) is 12.1 Å². The quantitative estimate of drug-likeness (QED) is 0.795. The molecular formula is C12H15F3N4. The van der Waals surface area contributed by atoms with Crippen LogP contribution in [0.2, 0.25) is 0 Å². The van der Waals surface area contributed by atoms with E-state index >= 15 is 0 Å². The molecule has 0 fully saturated rings. The fourth-order valence-electron chi connectivity index (χ4n) is 2.70. The minimum Gasteiger partial charge on any atom is -0.381 e. The van der Waals surface area contributed by atoms with E-state index in [2.05, 4.69) is 15.4 Å². The Balaban J connectivity index is 2.06. The van der Waals surface area contributed by atoms with Crippen molar-refractivity contribution >= 4 is 11.9 Å². The largest absolute Gasteiger partial charge is 0.401 e. The van der Waals surface area contributed by atoms with Crippen LogP contribution >= 0.6 is 0 Å². The van der Waals surface area contributed by atoms with Gasteiger partial charge in [0.25, 0.3) is 0 Å². The molecule has 0 spiro atoms. The summed E-state index contributed by atoms with van der Waals surface area (Å²) in [5, 5.41) is 8.58. The third-order valence-corrected chi connectivity index (χ3v) is 4.00. The second-order valence-electron chi connectivity index (χ2n) is 5.27. The third kappa shape index (κ3) is 1.60. The van der Waals surface area contributed by atoms with Gasteiger partial charge in [0.2, 0.25) is 0 Å². The molecule has 3 heterocycles. The van der Waals surface area contributed by atoms with Crippen molar-refractivity contribution in [2.45, 2.75) is 39.0 Å². The number of aliphatic imine (C=N–C) groups is 1. The van der Waals surface area contributed by atoms with Gasteiger partial charge in [0.05, 0.1) is 11.4 Å². The number of allylic oxidation sites excluding steroid dienone is 1. The first kappa shape index (κ1) is 12.5. The third-order valence-electron chi connectivity index (χ3n) is 4.00. The number of hydrazone groups is 1. The first-order chi connectivity index (χ1) is 8.87. The summed E-state index contributed by atoms with van der Waals surface area (Å²) < 4.78 is 40.1. The Bertz CT molecular complexity index is 506. The molecule has 104 valence electrons. The summed E-state index contributed by atoms with van der Waals surface area (Å²) in [5.74, 6) is 0. The zero-order valence-electron chi connectivity index (χ0n) is 10.8. The number of fused-ring (bicyclic) bond motifs is 2. The van der Waals surface area contributed by atoms with E-state index in [1.54, 1.807) is 0 Å². The summed E-state index contributed by atoms with van der Waals surface area (Å²) in [6.45, 7) is 3.01. The van der Waals surface area contributed by atoms with Gasteiger partial charge in [-0.15, -0.1) is 0 Å². The van der Waals surface area contributed by atoms with Gasteiger partial charge in [0, 0.05) is 24.9 Å². The summed E-state index contributed by atoms with van der Waals surface area (Å²) >= 11 is 0. The van der Waals surface area contributed by atoms with Gasteiger partial charge in [-0.25, -0.2) is 5.01 Å². The van der Waals surface area contributed by atoms with Crippen LogP contribution in [0.25, 0.3) is 0 Å². The summed E-state index contributed by atoms with van der Waals surface area (Å²) in [6, 6.07) is 0. The highest BCUT2D eigenvalue weighted by molar-refractivity contribution is 5.88. The van der Waals surface area contributed by atoms with Gasteiger partial charge in [0.15, 0.2) is 0 Å². The summed E-state index contributed by atoms with van der Waals surface area (Å²) in [7, 11) is 0. The van der Waals surface area contributed by atoms with Gasteiger partial charge in [-0.3, -0.25) is 4.99 Å². The van der Waals surface area contributed by atoms with Crippen LogP contribution in [0.3, 0.4) is 0 Å². The molecule has 1 N–H and O–H groups in total. The smallest absolute Gasteiger partial charge is 0.381 e. The van der Waals surface area contributed by atoms with E-state index < -0.39 is 11.6 Å². The molecule has 7 heteroatoms. The van der Waals surface area contributed by atoms with Crippen molar-refractivity contribution in [3.05, 3.63) is 11.4 Å². The van der Waals surface area contributed by atoms with Crippen LogP contribution in [0.4, 0.5) is 13.2 Å². The number of alkyl halides is 3. The maximum atomic E-state index is 13.4. The maximum absolute atomic E-state index is 13.4. The van der Waals surface area contributed by atoms with Crippen LogP contribution in [-0.2, 0) is 0 Å². The SMILES string of the molecule is CCC1=NN2C3=C(C=NC2C1)NCC3(C)C(F)(F)F. The lowest BCUT2D eigenvalue weighted by atomic mass is 9.86. The Morgan fingerprint density at radius 2 is 2.26 bits per heavy atom. The number of hydrogen-bond donors (Lipinski definition) is 1. The van der Waals surface area contributed by atoms with Gasteiger partial charge < -0.3 is 5.32 Å². The highest BCUT2D eigenvalue weighted by Gasteiger charge is 2.60. The van der Waals surface area contributed by atoms with Gasteiger partial charge in [-0.2, -0.15) is 18.3 Å². The monoisotopic (exact) mass is 272 g/mol. The van der Waals surface area contributed by atoms with Crippen molar-refractivity contribution in [3.63, 3.8) is 0 Å². The highest BCUT2D eigenvalue weighted by Crippen LogP contribution is 2.50. The summed E-state index contributed by atoms with van der Waals surface area (Å²) in [4.78, 5) is 4.28. The van der Waals surface area contributed by atoms with E-state index in [4.69, 9.17) is 0 Å². The Hall–Kier alpha value is -1.53. The number of nitrogens with one attached hydrogen (secondary N) is 1. The molecule has 0 aromatic heterocycles. The Kier molecular flexibility index (Phi) is 2.46. The Morgan fingerprint density at radius 3 is 2.89 bits per heavy atom. The van der Waals surface area contributed by atoms with E-state index in [-0.39, 0.29) is 18.4 Å². The van der Waals surface area contributed by atoms with Crippen LogP contribution in [-0.4, -0.2) is 35.8 Å². The van der Waals surface area contributed by atoms with Gasteiger partial charge in [-0.05, 0) is 13.3 Å². The lowest BCUT2D eigenvalue weighted by Crippen LogP contribution is -2.45. The number of hydrogen-bond acceptors (Lipinski definition) is 4. The summed E-state index contributed by atoms with van der Waals surface area (Å²) in [5.41, 5.74) is -0.354. The lowest BCUT2D eigenvalue weighted by molar-refractivity contribution is -0.205. The van der Waals surface area contributed by atoms with Crippen LogP contribution in [0.5, 0.6) is 0 Å². The Morgan fingerprint density at radius 1 is 1.53 bits per heavy atom. The molecule has 3 aliphatic heterocycles. The number of rotatable bonds is 1. The second kappa shape index (κ2) is 3.74. The van der Waals surface area contributed by atoms with E-state index in [9.17, 15) is 13.2 Å². The summed E-state index contributed by atoms with van der Waals surface area (Å²) in [6.07, 6.45) is -1.76. The molecule has 0 saturated heterocycles. The molecule has 19 heavy (non-hydrogen) atoms. The predicted molar refractivity (Wildman–Crippen MR) is 65.7 cm³/mol. The average molecular weight is 272 g/mol. The standard InChI is InChI=1S/C12H15F3N4/c1-3-7-4-9-16-5-8-10(19(9)18-7)11(2,6-17-8)12(13,14)15/h5,9,17H,3-4,6H2,1-2H3. The van der Waals surface area contributed by atoms with Crippen LogP contribution in [0.1, 0.15) is 26.7 Å². The van der Waals surface area contributed by atoms with E-state index in [1.807, 2.05) is 6.92 Å². The first-order valence-electron chi connectivity index (χ1n) is 6.31. The maximum Gasteiger partial charge on any atom is 0.401 e. The fraction of sp³-hybridized carbons (Fsp3) is 0.667.